The van der Waals surface area contributed by atoms with Gasteiger partial charge in [0.15, 0.2) is 0 Å². The molecule has 1 saturated heterocycles. The lowest BCUT2D eigenvalue weighted by atomic mass is 10.2. The van der Waals surface area contributed by atoms with Gasteiger partial charge in [0.25, 0.3) is 5.09 Å². The Morgan fingerprint density at radius 2 is 2.58 bits per heavy atom. The van der Waals surface area contributed by atoms with Gasteiger partial charge in [-0.3, -0.25) is 0 Å². The first-order chi connectivity index (χ1) is 5.72. The van der Waals surface area contributed by atoms with Crippen LogP contribution in [0.2, 0.25) is 0 Å². The number of hydrogen-bond acceptors (Lipinski definition) is 5. The molecule has 0 aliphatic carbocycles. The Kier molecular flexibility index (Phi) is 3.24. The second kappa shape index (κ2) is 4.22. The molecular weight excluding hydrogens is 162 g/mol. The third kappa shape index (κ3) is 2.63. The van der Waals surface area contributed by atoms with Crippen LogP contribution in [-0.2, 0) is 4.84 Å². The molecule has 0 spiro atoms. The molecule has 0 aromatic rings. The predicted molar refractivity (Wildman–Crippen MR) is 42.2 cm³/mol. The van der Waals surface area contributed by atoms with Crippen molar-refractivity contribution in [3.05, 3.63) is 10.1 Å². The Bertz CT molecular complexity index is 164. The molecule has 0 bridgehead atoms. The molecule has 1 aliphatic heterocycles. The first kappa shape index (κ1) is 9.21. The molecule has 0 radical (unpaired) electrons. The molecule has 1 heterocycles. The van der Waals surface area contributed by atoms with Crippen molar-refractivity contribution in [1.29, 1.82) is 0 Å². The molecule has 12 heavy (non-hydrogen) atoms. The Morgan fingerprint density at radius 3 is 3.17 bits per heavy atom. The quantitative estimate of drug-likeness (QED) is 0.429. The van der Waals surface area contributed by atoms with E-state index in [2.05, 4.69) is 15.5 Å². The van der Waals surface area contributed by atoms with Crippen LogP contribution in [0.1, 0.15) is 6.42 Å². The Morgan fingerprint density at radius 1 is 1.83 bits per heavy atom. The molecule has 0 aromatic heterocycles. The van der Waals surface area contributed by atoms with Crippen molar-refractivity contribution in [1.82, 2.24) is 10.6 Å². The van der Waals surface area contributed by atoms with Crippen LogP contribution in [-0.4, -0.2) is 37.4 Å². The summed E-state index contributed by atoms with van der Waals surface area (Å²) in [4.78, 5) is 14.4. The Labute approximate surface area is 70.4 Å². The van der Waals surface area contributed by atoms with Crippen molar-refractivity contribution in [2.24, 2.45) is 0 Å². The van der Waals surface area contributed by atoms with Crippen molar-refractivity contribution in [2.45, 2.75) is 18.6 Å². The van der Waals surface area contributed by atoms with E-state index in [1.807, 2.05) is 7.05 Å². The van der Waals surface area contributed by atoms with Crippen LogP contribution in [0.25, 0.3) is 0 Å². The summed E-state index contributed by atoms with van der Waals surface area (Å²) in [6.45, 7) is 1.38. The van der Waals surface area contributed by atoms with E-state index in [1.165, 1.54) is 0 Å². The van der Waals surface area contributed by atoms with E-state index in [0.717, 1.165) is 6.54 Å². The van der Waals surface area contributed by atoms with Crippen molar-refractivity contribution in [3.8, 4) is 0 Å². The van der Waals surface area contributed by atoms with E-state index in [9.17, 15) is 10.1 Å². The van der Waals surface area contributed by atoms with Gasteiger partial charge in [0, 0.05) is 19.1 Å². The number of rotatable bonds is 4. The maximum atomic E-state index is 9.96. The highest BCUT2D eigenvalue weighted by atomic mass is 17.0. The molecule has 1 fully saturated rings. The van der Waals surface area contributed by atoms with Gasteiger partial charge in [0.2, 0.25) is 0 Å². The van der Waals surface area contributed by atoms with Crippen LogP contribution in [0.5, 0.6) is 0 Å². The van der Waals surface area contributed by atoms with Crippen molar-refractivity contribution in [2.75, 3.05) is 20.1 Å². The zero-order valence-corrected chi connectivity index (χ0v) is 6.95. The molecule has 70 valence electrons. The average Bonchev–Trinajstić information content (AvgIpc) is 2.36. The SMILES string of the molecule is CNCC1CC(O[N+](=O)[O-])CN1. The van der Waals surface area contributed by atoms with Crippen LogP contribution in [0.4, 0.5) is 0 Å². The molecular formula is C6H13N3O3. The normalized spacial score (nSPS) is 28.8. The van der Waals surface area contributed by atoms with Gasteiger partial charge < -0.3 is 15.5 Å². The lowest BCUT2D eigenvalue weighted by Gasteiger charge is -2.07. The maximum Gasteiger partial charge on any atom is 0.294 e. The van der Waals surface area contributed by atoms with Crippen LogP contribution < -0.4 is 10.6 Å². The summed E-state index contributed by atoms with van der Waals surface area (Å²) in [7, 11) is 1.85. The van der Waals surface area contributed by atoms with E-state index < -0.39 is 5.09 Å². The summed E-state index contributed by atoms with van der Waals surface area (Å²) in [5.74, 6) is 0. The summed E-state index contributed by atoms with van der Waals surface area (Å²) in [6.07, 6.45) is 0.417. The van der Waals surface area contributed by atoms with E-state index in [-0.39, 0.29) is 6.10 Å². The maximum absolute atomic E-state index is 9.96. The fourth-order valence-corrected chi connectivity index (χ4v) is 1.39. The van der Waals surface area contributed by atoms with Gasteiger partial charge in [-0.05, 0) is 13.5 Å². The molecule has 2 unspecified atom stereocenters. The molecule has 1 aliphatic rings. The molecule has 2 atom stereocenters. The molecule has 0 amide bonds. The number of nitrogens with zero attached hydrogens (tertiary/aromatic N) is 1. The summed E-state index contributed by atoms with van der Waals surface area (Å²) < 4.78 is 0. The minimum Gasteiger partial charge on any atom is -0.318 e. The molecule has 1 rings (SSSR count). The summed E-state index contributed by atoms with van der Waals surface area (Å²) in [5.41, 5.74) is 0. The van der Waals surface area contributed by atoms with Crippen molar-refractivity contribution >= 4 is 0 Å². The lowest BCUT2D eigenvalue weighted by Crippen LogP contribution is -2.31. The monoisotopic (exact) mass is 175 g/mol. The lowest BCUT2D eigenvalue weighted by molar-refractivity contribution is -0.767. The topological polar surface area (TPSA) is 76.4 Å². The van der Waals surface area contributed by atoms with Crippen LogP contribution >= 0.6 is 0 Å². The third-order valence-electron chi connectivity index (χ3n) is 1.87. The van der Waals surface area contributed by atoms with Crippen molar-refractivity contribution in [3.63, 3.8) is 0 Å². The van der Waals surface area contributed by atoms with Gasteiger partial charge in [0.1, 0.15) is 6.10 Å². The van der Waals surface area contributed by atoms with Gasteiger partial charge in [-0.1, -0.05) is 0 Å². The zero-order chi connectivity index (χ0) is 8.97. The second-order valence-electron chi connectivity index (χ2n) is 2.85. The van der Waals surface area contributed by atoms with Gasteiger partial charge in [-0.2, -0.15) is 0 Å². The van der Waals surface area contributed by atoms with Crippen LogP contribution in [0, 0.1) is 10.1 Å². The van der Waals surface area contributed by atoms with Gasteiger partial charge in [0.05, 0.1) is 0 Å². The van der Waals surface area contributed by atoms with E-state index in [0.29, 0.717) is 19.0 Å². The average molecular weight is 175 g/mol. The molecule has 6 heteroatoms. The molecule has 0 saturated carbocycles. The minimum absolute atomic E-state index is 0.279. The molecule has 0 aromatic carbocycles. The Balaban J connectivity index is 2.21. The fraction of sp³-hybridized carbons (Fsp3) is 1.00. The smallest absolute Gasteiger partial charge is 0.294 e. The van der Waals surface area contributed by atoms with Gasteiger partial charge >= 0.3 is 0 Å². The predicted octanol–water partition coefficient (Wildman–Crippen LogP) is -0.855. The highest BCUT2D eigenvalue weighted by molar-refractivity contribution is 4.82. The highest BCUT2D eigenvalue weighted by Gasteiger charge is 2.25. The first-order valence-corrected chi connectivity index (χ1v) is 3.91. The third-order valence-corrected chi connectivity index (χ3v) is 1.87. The number of nitrogens with one attached hydrogen (secondary N) is 2. The largest absolute Gasteiger partial charge is 0.318 e. The number of likely N-dealkylation sites (N-methyl/N-ethyl adjacent to an activating group) is 1. The van der Waals surface area contributed by atoms with Crippen LogP contribution in [0.15, 0.2) is 0 Å². The van der Waals surface area contributed by atoms with Gasteiger partial charge in [-0.25, -0.2) is 0 Å². The standard InChI is InChI=1S/C6H13N3O3/c1-7-3-5-2-6(4-8-5)12-9(10)11/h5-8H,2-4H2,1H3. The zero-order valence-electron chi connectivity index (χ0n) is 6.95. The summed E-state index contributed by atoms with van der Waals surface area (Å²) >= 11 is 0. The van der Waals surface area contributed by atoms with E-state index in [1.54, 1.807) is 0 Å². The first-order valence-electron chi connectivity index (χ1n) is 3.91. The van der Waals surface area contributed by atoms with E-state index in [4.69, 9.17) is 0 Å². The Hall–Kier alpha value is -0.880. The van der Waals surface area contributed by atoms with Crippen LogP contribution in [0.3, 0.4) is 0 Å². The van der Waals surface area contributed by atoms with Crippen molar-refractivity contribution < 1.29 is 9.92 Å². The minimum atomic E-state index is -0.728. The summed E-state index contributed by atoms with van der Waals surface area (Å²) in [6, 6.07) is 0.292. The molecule has 6 nitrogen and oxygen atoms in total. The van der Waals surface area contributed by atoms with E-state index >= 15 is 0 Å². The fourth-order valence-electron chi connectivity index (χ4n) is 1.39. The number of hydrogen-bond donors (Lipinski definition) is 2. The van der Waals surface area contributed by atoms with Gasteiger partial charge in [-0.15, -0.1) is 10.1 Å². The highest BCUT2D eigenvalue weighted by Crippen LogP contribution is 2.09. The summed E-state index contributed by atoms with van der Waals surface area (Å²) in [5, 5.41) is 15.3. The second-order valence-corrected chi connectivity index (χ2v) is 2.85. The molecule has 2 N–H and O–H groups in total.